The molecule has 0 bridgehead atoms. The minimum absolute atomic E-state index is 0.314. The minimum atomic E-state index is -0.319. The van der Waals surface area contributed by atoms with E-state index in [2.05, 4.69) is 58.0 Å². The van der Waals surface area contributed by atoms with Gasteiger partial charge in [0.15, 0.2) is 0 Å². The lowest BCUT2D eigenvalue weighted by Crippen LogP contribution is -2.41. The Labute approximate surface area is 126 Å². The minimum Gasteiger partial charge on any atom is -0.399 e. The van der Waals surface area contributed by atoms with Gasteiger partial charge in [0.05, 0.1) is 11.2 Å². The van der Waals surface area contributed by atoms with Crippen molar-refractivity contribution in [2.24, 2.45) is 5.73 Å². The maximum Gasteiger partial charge on any atom is 0.494 e. The number of hydrogen-bond acceptors (Lipinski definition) is 3. The number of fused-ring (bicyclic) bond motifs is 1. The van der Waals surface area contributed by atoms with Gasteiger partial charge in [-0.2, -0.15) is 0 Å². The summed E-state index contributed by atoms with van der Waals surface area (Å²) in [7, 11) is -0.319. The van der Waals surface area contributed by atoms with E-state index in [-0.39, 0.29) is 18.3 Å². The Morgan fingerprint density at radius 3 is 2.29 bits per heavy atom. The third kappa shape index (κ3) is 2.37. The van der Waals surface area contributed by atoms with Gasteiger partial charge in [0.1, 0.15) is 0 Å². The van der Waals surface area contributed by atoms with Crippen LogP contribution in [0.3, 0.4) is 0 Å². The van der Waals surface area contributed by atoms with Gasteiger partial charge in [-0.1, -0.05) is 36.4 Å². The third-order valence-corrected chi connectivity index (χ3v) is 4.74. The quantitative estimate of drug-likeness (QED) is 0.862. The second-order valence-electron chi connectivity index (χ2n) is 6.69. The highest BCUT2D eigenvalue weighted by molar-refractivity contribution is 6.62. The van der Waals surface area contributed by atoms with Crippen LogP contribution in [-0.4, -0.2) is 18.3 Å². The highest BCUT2D eigenvalue weighted by Gasteiger charge is 2.51. The Balaban J connectivity index is 2.00. The van der Waals surface area contributed by atoms with Crippen LogP contribution in [0.5, 0.6) is 0 Å². The van der Waals surface area contributed by atoms with Crippen molar-refractivity contribution in [1.29, 1.82) is 0 Å². The molecule has 3 nitrogen and oxygen atoms in total. The molecule has 0 unspecified atom stereocenters. The molecule has 0 amide bonds. The molecule has 1 heterocycles. The number of benzene rings is 2. The van der Waals surface area contributed by atoms with Crippen LogP contribution in [0.15, 0.2) is 36.4 Å². The average Bonchev–Trinajstić information content (AvgIpc) is 2.66. The highest BCUT2D eigenvalue weighted by atomic mass is 16.7. The summed E-state index contributed by atoms with van der Waals surface area (Å²) < 4.78 is 12.2. The molecule has 1 aliphatic heterocycles. The van der Waals surface area contributed by atoms with Crippen LogP contribution < -0.4 is 11.2 Å². The Hall–Kier alpha value is -1.36. The summed E-state index contributed by atoms with van der Waals surface area (Å²) in [4.78, 5) is 0. The number of rotatable bonds is 2. The van der Waals surface area contributed by atoms with E-state index in [4.69, 9.17) is 15.0 Å². The standard InChI is InChI=1S/C17H22BNO2/c1-16(2)17(3,4)21-18(20-16)14-8-9-15-12(10-14)6-5-7-13(15)11-19/h5-10H,11,19H2,1-4H3. The molecule has 1 aliphatic rings. The lowest BCUT2D eigenvalue weighted by Gasteiger charge is -2.32. The van der Waals surface area contributed by atoms with Crippen LogP contribution >= 0.6 is 0 Å². The zero-order valence-electron chi connectivity index (χ0n) is 13.1. The fraction of sp³-hybridized carbons (Fsp3) is 0.412. The van der Waals surface area contributed by atoms with E-state index in [1.807, 2.05) is 6.07 Å². The molecule has 0 atom stereocenters. The van der Waals surface area contributed by atoms with Gasteiger partial charge in [-0.15, -0.1) is 0 Å². The van der Waals surface area contributed by atoms with Crippen LogP contribution in [0.4, 0.5) is 0 Å². The Kier molecular flexibility index (Phi) is 3.36. The van der Waals surface area contributed by atoms with Crippen molar-refractivity contribution in [3.63, 3.8) is 0 Å². The Morgan fingerprint density at radius 1 is 1.00 bits per heavy atom. The van der Waals surface area contributed by atoms with Crippen LogP contribution in [-0.2, 0) is 15.9 Å². The van der Waals surface area contributed by atoms with E-state index in [0.717, 1.165) is 11.0 Å². The van der Waals surface area contributed by atoms with Gasteiger partial charge < -0.3 is 15.0 Å². The maximum absolute atomic E-state index is 6.11. The van der Waals surface area contributed by atoms with Gasteiger partial charge >= 0.3 is 7.12 Å². The van der Waals surface area contributed by atoms with E-state index in [9.17, 15) is 0 Å². The van der Waals surface area contributed by atoms with E-state index in [1.165, 1.54) is 10.8 Å². The molecule has 2 N–H and O–H groups in total. The van der Waals surface area contributed by atoms with Gasteiger partial charge in [0.25, 0.3) is 0 Å². The third-order valence-electron chi connectivity index (χ3n) is 4.74. The topological polar surface area (TPSA) is 44.5 Å². The number of nitrogens with two attached hydrogens (primary N) is 1. The second-order valence-corrected chi connectivity index (χ2v) is 6.69. The Bertz CT molecular complexity index is 666. The van der Waals surface area contributed by atoms with Crippen LogP contribution in [0.1, 0.15) is 33.3 Å². The van der Waals surface area contributed by atoms with Crippen molar-refractivity contribution in [1.82, 2.24) is 0 Å². The summed E-state index contributed by atoms with van der Waals surface area (Å²) in [5, 5.41) is 2.37. The molecule has 110 valence electrons. The lowest BCUT2D eigenvalue weighted by atomic mass is 9.78. The molecule has 3 rings (SSSR count). The van der Waals surface area contributed by atoms with Crippen LogP contribution in [0.2, 0.25) is 0 Å². The molecule has 0 aliphatic carbocycles. The monoisotopic (exact) mass is 283 g/mol. The summed E-state index contributed by atoms with van der Waals surface area (Å²) in [6, 6.07) is 12.5. The first-order valence-electron chi connectivity index (χ1n) is 7.41. The van der Waals surface area contributed by atoms with E-state index in [0.29, 0.717) is 6.54 Å². The summed E-state index contributed by atoms with van der Waals surface area (Å²) in [5.41, 5.74) is 7.38. The SMILES string of the molecule is CC1(C)OB(c2ccc3c(CN)cccc3c2)OC1(C)C. The normalized spacial score (nSPS) is 20.1. The lowest BCUT2D eigenvalue weighted by molar-refractivity contribution is 0.00578. The van der Waals surface area contributed by atoms with Crippen LogP contribution in [0.25, 0.3) is 10.8 Å². The first kappa shape index (κ1) is 14.6. The molecule has 0 saturated carbocycles. The summed E-state index contributed by atoms with van der Waals surface area (Å²) in [5.74, 6) is 0. The van der Waals surface area contributed by atoms with Gasteiger partial charge in [-0.25, -0.2) is 0 Å². The second kappa shape index (κ2) is 4.84. The first-order chi connectivity index (χ1) is 9.84. The largest absolute Gasteiger partial charge is 0.494 e. The van der Waals surface area contributed by atoms with Crippen molar-refractivity contribution in [2.45, 2.75) is 45.4 Å². The molecule has 2 aromatic carbocycles. The molecule has 0 radical (unpaired) electrons. The van der Waals surface area contributed by atoms with Gasteiger partial charge in [0, 0.05) is 6.54 Å². The first-order valence-corrected chi connectivity index (χ1v) is 7.41. The Morgan fingerprint density at radius 2 is 1.67 bits per heavy atom. The van der Waals surface area contributed by atoms with Gasteiger partial charge in [-0.05, 0) is 49.5 Å². The molecule has 1 fully saturated rings. The van der Waals surface area contributed by atoms with Crippen LogP contribution in [0, 0.1) is 0 Å². The fourth-order valence-electron chi connectivity index (χ4n) is 2.67. The smallest absolute Gasteiger partial charge is 0.399 e. The summed E-state index contributed by atoms with van der Waals surface area (Å²) >= 11 is 0. The molecular weight excluding hydrogens is 261 g/mol. The zero-order chi connectivity index (χ0) is 15.3. The van der Waals surface area contributed by atoms with Gasteiger partial charge in [0.2, 0.25) is 0 Å². The number of hydrogen-bond donors (Lipinski definition) is 1. The fourth-order valence-corrected chi connectivity index (χ4v) is 2.67. The van der Waals surface area contributed by atoms with Gasteiger partial charge in [-0.3, -0.25) is 0 Å². The van der Waals surface area contributed by atoms with E-state index < -0.39 is 0 Å². The zero-order valence-corrected chi connectivity index (χ0v) is 13.1. The molecule has 0 aromatic heterocycles. The van der Waals surface area contributed by atoms with Crippen molar-refractivity contribution < 1.29 is 9.31 Å². The predicted molar refractivity (Wildman–Crippen MR) is 87.6 cm³/mol. The molecule has 2 aromatic rings. The molecule has 0 spiro atoms. The molecule has 1 saturated heterocycles. The maximum atomic E-state index is 6.11. The summed E-state index contributed by atoms with van der Waals surface area (Å²) in [6.45, 7) is 8.83. The van der Waals surface area contributed by atoms with Crippen molar-refractivity contribution in [2.75, 3.05) is 0 Å². The van der Waals surface area contributed by atoms with E-state index >= 15 is 0 Å². The van der Waals surface area contributed by atoms with Crippen molar-refractivity contribution >= 4 is 23.4 Å². The summed E-state index contributed by atoms with van der Waals surface area (Å²) in [6.07, 6.45) is 0. The predicted octanol–water partition coefficient (Wildman–Crippen LogP) is 2.60. The molecule has 21 heavy (non-hydrogen) atoms. The van der Waals surface area contributed by atoms with Crippen molar-refractivity contribution in [3.05, 3.63) is 42.0 Å². The van der Waals surface area contributed by atoms with Crippen molar-refractivity contribution in [3.8, 4) is 0 Å². The highest BCUT2D eigenvalue weighted by Crippen LogP contribution is 2.36. The van der Waals surface area contributed by atoms with E-state index in [1.54, 1.807) is 0 Å². The molecule has 4 heteroatoms. The molecular formula is C17H22BNO2. The average molecular weight is 283 g/mol.